The molecule has 0 spiro atoms. The van der Waals surface area contributed by atoms with Crippen LogP contribution in [0.3, 0.4) is 0 Å². The normalized spacial score (nSPS) is 29.8. The third-order valence-corrected chi connectivity index (χ3v) is 4.76. The highest BCUT2D eigenvalue weighted by atomic mass is 16.5. The van der Waals surface area contributed by atoms with Gasteiger partial charge in [0.05, 0.1) is 19.8 Å². The van der Waals surface area contributed by atoms with E-state index in [4.69, 9.17) is 4.74 Å². The standard InChI is InChI=1S/C15H29NO3/c17-9-8-16(14-5-2-1-3-6-14)11-15(12-18)7-4-10-19-13-15/h14,17-18H,1-13H2. The Balaban J connectivity index is 1.96. The maximum atomic E-state index is 9.79. The van der Waals surface area contributed by atoms with E-state index in [9.17, 15) is 10.2 Å². The fourth-order valence-electron chi connectivity index (χ4n) is 3.61. The Kier molecular flexibility index (Phi) is 6.07. The number of hydrogen-bond acceptors (Lipinski definition) is 4. The summed E-state index contributed by atoms with van der Waals surface area (Å²) in [4.78, 5) is 2.41. The van der Waals surface area contributed by atoms with Gasteiger partial charge in [-0.1, -0.05) is 19.3 Å². The quantitative estimate of drug-likeness (QED) is 0.767. The zero-order valence-electron chi connectivity index (χ0n) is 12.0. The Labute approximate surface area is 116 Å². The lowest BCUT2D eigenvalue weighted by Gasteiger charge is -2.43. The van der Waals surface area contributed by atoms with Gasteiger partial charge in [-0.25, -0.2) is 0 Å². The highest BCUT2D eigenvalue weighted by molar-refractivity contribution is 4.87. The van der Waals surface area contributed by atoms with Gasteiger partial charge in [0.2, 0.25) is 0 Å². The summed E-state index contributed by atoms with van der Waals surface area (Å²) in [6, 6.07) is 0.589. The van der Waals surface area contributed by atoms with Gasteiger partial charge in [-0.15, -0.1) is 0 Å². The van der Waals surface area contributed by atoms with Gasteiger partial charge in [-0.3, -0.25) is 4.90 Å². The molecule has 0 bridgehead atoms. The molecule has 2 rings (SSSR count). The van der Waals surface area contributed by atoms with Crippen LogP contribution in [0.4, 0.5) is 0 Å². The van der Waals surface area contributed by atoms with Crippen LogP contribution in [-0.4, -0.2) is 60.7 Å². The smallest absolute Gasteiger partial charge is 0.0558 e. The molecule has 19 heavy (non-hydrogen) atoms. The van der Waals surface area contributed by atoms with E-state index < -0.39 is 0 Å². The van der Waals surface area contributed by atoms with Gasteiger partial charge in [0.1, 0.15) is 0 Å². The molecule has 1 saturated heterocycles. The third kappa shape index (κ3) is 4.15. The van der Waals surface area contributed by atoms with Crippen LogP contribution in [0.15, 0.2) is 0 Å². The van der Waals surface area contributed by atoms with E-state index in [1.807, 2.05) is 0 Å². The van der Waals surface area contributed by atoms with Crippen molar-refractivity contribution in [3.63, 3.8) is 0 Å². The second-order valence-electron chi connectivity index (χ2n) is 6.30. The first-order valence-electron chi connectivity index (χ1n) is 7.83. The second-order valence-corrected chi connectivity index (χ2v) is 6.30. The molecular formula is C15H29NO3. The molecule has 1 heterocycles. The van der Waals surface area contributed by atoms with Gasteiger partial charge in [0, 0.05) is 31.2 Å². The number of aliphatic hydroxyl groups excluding tert-OH is 2. The highest BCUT2D eigenvalue weighted by Crippen LogP contribution is 2.32. The fourth-order valence-corrected chi connectivity index (χ4v) is 3.61. The zero-order chi connectivity index (χ0) is 13.6. The van der Waals surface area contributed by atoms with Crippen molar-refractivity contribution in [2.45, 2.75) is 51.0 Å². The number of rotatable bonds is 6. The van der Waals surface area contributed by atoms with E-state index in [1.54, 1.807) is 0 Å². The first-order chi connectivity index (χ1) is 9.29. The van der Waals surface area contributed by atoms with Crippen molar-refractivity contribution in [2.75, 3.05) is 39.5 Å². The molecular weight excluding hydrogens is 242 g/mol. The maximum Gasteiger partial charge on any atom is 0.0558 e. The second kappa shape index (κ2) is 7.58. The highest BCUT2D eigenvalue weighted by Gasteiger charge is 2.36. The van der Waals surface area contributed by atoms with Crippen LogP contribution in [-0.2, 0) is 4.74 Å². The van der Waals surface area contributed by atoms with Gasteiger partial charge in [-0.05, 0) is 25.7 Å². The molecule has 0 aromatic rings. The molecule has 2 fully saturated rings. The molecule has 1 aliphatic heterocycles. The number of aliphatic hydroxyl groups is 2. The Morgan fingerprint density at radius 1 is 1.11 bits per heavy atom. The lowest BCUT2D eigenvalue weighted by atomic mass is 9.81. The van der Waals surface area contributed by atoms with E-state index in [0.29, 0.717) is 12.6 Å². The van der Waals surface area contributed by atoms with Gasteiger partial charge in [0.15, 0.2) is 0 Å². The molecule has 1 aliphatic carbocycles. The summed E-state index contributed by atoms with van der Waals surface area (Å²) in [7, 11) is 0. The molecule has 0 amide bonds. The largest absolute Gasteiger partial charge is 0.396 e. The lowest BCUT2D eigenvalue weighted by molar-refractivity contribution is -0.0649. The number of hydrogen-bond donors (Lipinski definition) is 2. The Hall–Kier alpha value is -0.160. The minimum Gasteiger partial charge on any atom is -0.396 e. The summed E-state index contributed by atoms with van der Waals surface area (Å²) in [6.07, 6.45) is 8.50. The van der Waals surface area contributed by atoms with Crippen LogP contribution < -0.4 is 0 Å². The fraction of sp³-hybridized carbons (Fsp3) is 1.00. The third-order valence-electron chi connectivity index (χ3n) is 4.76. The SMILES string of the molecule is OCCN(CC1(CO)CCCOC1)C1CCCCC1. The molecule has 1 unspecified atom stereocenters. The summed E-state index contributed by atoms with van der Waals surface area (Å²) in [5.74, 6) is 0. The van der Waals surface area contributed by atoms with E-state index in [1.165, 1.54) is 32.1 Å². The summed E-state index contributed by atoms with van der Waals surface area (Å²) < 4.78 is 5.59. The van der Waals surface area contributed by atoms with Crippen LogP contribution in [0.5, 0.6) is 0 Å². The summed E-state index contributed by atoms with van der Waals surface area (Å²) in [5.41, 5.74) is -0.106. The van der Waals surface area contributed by atoms with E-state index in [-0.39, 0.29) is 18.6 Å². The Bertz CT molecular complexity index is 248. The first kappa shape index (κ1) is 15.2. The summed E-state index contributed by atoms with van der Waals surface area (Å²) in [5, 5.41) is 19.1. The van der Waals surface area contributed by atoms with Crippen molar-refractivity contribution in [1.29, 1.82) is 0 Å². The van der Waals surface area contributed by atoms with Gasteiger partial charge >= 0.3 is 0 Å². The number of nitrogens with zero attached hydrogens (tertiary/aromatic N) is 1. The molecule has 0 radical (unpaired) electrons. The molecule has 2 N–H and O–H groups in total. The topological polar surface area (TPSA) is 52.9 Å². The molecule has 4 nitrogen and oxygen atoms in total. The van der Waals surface area contributed by atoms with Gasteiger partial charge < -0.3 is 14.9 Å². The maximum absolute atomic E-state index is 9.79. The molecule has 0 aromatic heterocycles. The molecule has 112 valence electrons. The average molecular weight is 271 g/mol. The minimum atomic E-state index is -0.106. The summed E-state index contributed by atoms with van der Waals surface area (Å²) in [6.45, 7) is 3.49. The van der Waals surface area contributed by atoms with Crippen LogP contribution in [0.25, 0.3) is 0 Å². The monoisotopic (exact) mass is 271 g/mol. The van der Waals surface area contributed by atoms with Crippen LogP contribution >= 0.6 is 0 Å². The van der Waals surface area contributed by atoms with Crippen LogP contribution in [0, 0.1) is 5.41 Å². The van der Waals surface area contributed by atoms with Crippen molar-refractivity contribution in [2.24, 2.45) is 5.41 Å². The van der Waals surface area contributed by atoms with Crippen molar-refractivity contribution in [1.82, 2.24) is 4.90 Å². The van der Waals surface area contributed by atoms with E-state index in [2.05, 4.69) is 4.90 Å². The van der Waals surface area contributed by atoms with Crippen molar-refractivity contribution < 1.29 is 14.9 Å². The average Bonchev–Trinajstić information content (AvgIpc) is 2.49. The first-order valence-corrected chi connectivity index (χ1v) is 7.83. The van der Waals surface area contributed by atoms with Gasteiger partial charge in [-0.2, -0.15) is 0 Å². The number of ether oxygens (including phenoxy) is 1. The van der Waals surface area contributed by atoms with E-state index >= 15 is 0 Å². The van der Waals surface area contributed by atoms with Crippen molar-refractivity contribution in [3.8, 4) is 0 Å². The molecule has 1 saturated carbocycles. The summed E-state index contributed by atoms with van der Waals surface area (Å²) >= 11 is 0. The zero-order valence-corrected chi connectivity index (χ0v) is 12.0. The molecule has 0 aromatic carbocycles. The molecule has 2 aliphatic rings. The predicted octanol–water partition coefficient (Wildman–Crippen LogP) is 1.40. The molecule has 4 heteroatoms. The Morgan fingerprint density at radius 2 is 1.89 bits per heavy atom. The lowest BCUT2D eigenvalue weighted by Crippen LogP contribution is -2.50. The van der Waals surface area contributed by atoms with Crippen molar-refractivity contribution in [3.05, 3.63) is 0 Å². The van der Waals surface area contributed by atoms with Crippen molar-refractivity contribution >= 4 is 0 Å². The van der Waals surface area contributed by atoms with Gasteiger partial charge in [0.25, 0.3) is 0 Å². The van der Waals surface area contributed by atoms with Crippen LogP contribution in [0.2, 0.25) is 0 Å². The molecule has 1 atom stereocenters. The van der Waals surface area contributed by atoms with Crippen LogP contribution in [0.1, 0.15) is 44.9 Å². The minimum absolute atomic E-state index is 0.106. The Morgan fingerprint density at radius 3 is 2.47 bits per heavy atom. The van der Waals surface area contributed by atoms with E-state index in [0.717, 1.165) is 32.5 Å². The predicted molar refractivity (Wildman–Crippen MR) is 75.1 cm³/mol.